The number of hydrogen-bond acceptors (Lipinski definition) is 5. The summed E-state index contributed by atoms with van der Waals surface area (Å²) in [6.07, 6.45) is 0. The van der Waals surface area contributed by atoms with Gasteiger partial charge < -0.3 is 10.6 Å². The number of likely N-dealkylation sites (N-methyl/N-ethyl adjacent to an activating group) is 1. The van der Waals surface area contributed by atoms with Gasteiger partial charge in [0.2, 0.25) is 5.91 Å². The van der Waals surface area contributed by atoms with Crippen LogP contribution in [0.1, 0.15) is 22.1 Å². The predicted octanol–water partition coefficient (Wildman–Crippen LogP) is 4.13. The van der Waals surface area contributed by atoms with Crippen molar-refractivity contribution in [2.75, 3.05) is 7.05 Å². The van der Waals surface area contributed by atoms with Gasteiger partial charge in [-0.1, -0.05) is 6.07 Å². The summed E-state index contributed by atoms with van der Waals surface area (Å²) in [6.45, 7) is 0. The molecule has 1 aromatic carbocycles. The van der Waals surface area contributed by atoms with Crippen LogP contribution in [0.2, 0.25) is 0 Å². The van der Waals surface area contributed by atoms with E-state index < -0.39 is 29.5 Å². The van der Waals surface area contributed by atoms with Crippen molar-refractivity contribution in [1.82, 2.24) is 15.6 Å². The van der Waals surface area contributed by atoms with E-state index in [9.17, 15) is 18.4 Å². The first-order chi connectivity index (χ1) is 12.9. The van der Waals surface area contributed by atoms with Crippen molar-refractivity contribution >= 4 is 50.4 Å². The monoisotopic (exact) mass is 471 g/mol. The van der Waals surface area contributed by atoms with E-state index in [0.717, 1.165) is 21.5 Å². The minimum absolute atomic E-state index is 0.124. The highest BCUT2D eigenvalue weighted by Gasteiger charge is 2.25. The normalized spacial score (nSPS) is 11.9. The fraction of sp³-hybridized carbons (Fsp3) is 0.118. The lowest BCUT2D eigenvalue weighted by molar-refractivity contribution is -0.122. The van der Waals surface area contributed by atoms with Crippen LogP contribution in [-0.4, -0.2) is 23.8 Å². The Morgan fingerprint density at radius 3 is 2.56 bits per heavy atom. The smallest absolute Gasteiger partial charge is 0.271 e. The summed E-state index contributed by atoms with van der Waals surface area (Å²) >= 11 is 6.14. The zero-order chi connectivity index (χ0) is 19.6. The molecule has 3 rings (SSSR count). The average Bonchev–Trinajstić information content (AvgIpc) is 3.30. The minimum atomic E-state index is -1.18. The number of carbonyl (C=O) groups is 2. The maximum atomic E-state index is 13.5. The van der Waals surface area contributed by atoms with Gasteiger partial charge in [-0.3, -0.25) is 9.59 Å². The van der Waals surface area contributed by atoms with Crippen molar-refractivity contribution in [3.05, 3.63) is 62.4 Å². The first-order valence-electron chi connectivity index (χ1n) is 7.56. The standard InChI is InChI=1S/C17H12BrF2N3O2S2/c1-21-16(25)14(8-2-3-10(19)11(20)4-8)23-15(24)12-7-27-17(22-12)13-5-9(18)6-26-13/h2-7,14H,1H3,(H,21,25)(H,23,24). The van der Waals surface area contributed by atoms with Crippen molar-refractivity contribution in [1.29, 1.82) is 0 Å². The second-order valence-corrected chi connectivity index (χ2v) is 8.05. The Kier molecular flexibility index (Phi) is 5.98. The molecule has 2 aromatic heterocycles. The van der Waals surface area contributed by atoms with Crippen molar-refractivity contribution in [2.45, 2.75) is 6.04 Å². The van der Waals surface area contributed by atoms with E-state index in [1.165, 1.54) is 35.8 Å². The van der Waals surface area contributed by atoms with Crippen molar-refractivity contribution in [2.24, 2.45) is 0 Å². The third kappa shape index (κ3) is 4.40. The fourth-order valence-electron chi connectivity index (χ4n) is 2.26. The molecular weight excluding hydrogens is 460 g/mol. The van der Waals surface area contributed by atoms with Crippen molar-refractivity contribution in [3.63, 3.8) is 0 Å². The van der Waals surface area contributed by atoms with E-state index in [1.54, 1.807) is 5.38 Å². The second kappa shape index (κ2) is 8.24. The number of halogens is 3. The molecule has 2 N–H and O–H groups in total. The lowest BCUT2D eigenvalue weighted by atomic mass is 10.1. The second-order valence-electron chi connectivity index (χ2n) is 5.36. The van der Waals surface area contributed by atoms with Gasteiger partial charge in [0.15, 0.2) is 11.6 Å². The van der Waals surface area contributed by atoms with Crippen LogP contribution >= 0.6 is 38.6 Å². The summed E-state index contributed by atoms with van der Waals surface area (Å²) in [6, 6.07) is 3.74. The number of nitrogens with one attached hydrogen (secondary N) is 2. The van der Waals surface area contributed by atoms with Crippen molar-refractivity contribution < 1.29 is 18.4 Å². The van der Waals surface area contributed by atoms with Crippen LogP contribution in [0.3, 0.4) is 0 Å². The van der Waals surface area contributed by atoms with Gasteiger partial charge in [-0.2, -0.15) is 0 Å². The van der Waals surface area contributed by atoms with Crippen LogP contribution < -0.4 is 10.6 Å². The van der Waals surface area contributed by atoms with Crippen LogP contribution in [0.4, 0.5) is 8.78 Å². The van der Waals surface area contributed by atoms with Crippen LogP contribution in [0.15, 0.2) is 39.5 Å². The third-order valence-electron chi connectivity index (χ3n) is 3.58. The third-order valence-corrected chi connectivity index (χ3v) is 6.28. The lowest BCUT2D eigenvalue weighted by Gasteiger charge is -2.17. The van der Waals surface area contributed by atoms with Gasteiger partial charge in [0.05, 0.1) is 4.88 Å². The molecular formula is C17H12BrF2N3O2S2. The summed E-state index contributed by atoms with van der Waals surface area (Å²) in [4.78, 5) is 29.9. The molecule has 3 aromatic rings. The highest BCUT2D eigenvalue weighted by atomic mass is 79.9. The SMILES string of the molecule is CNC(=O)C(NC(=O)c1csc(-c2cc(Br)cs2)n1)c1ccc(F)c(F)c1. The van der Waals surface area contributed by atoms with Gasteiger partial charge in [0.1, 0.15) is 16.7 Å². The zero-order valence-corrected chi connectivity index (χ0v) is 17.0. The summed E-state index contributed by atoms with van der Waals surface area (Å²) < 4.78 is 27.6. The summed E-state index contributed by atoms with van der Waals surface area (Å²) in [7, 11) is 1.39. The Hall–Kier alpha value is -2.17. The highest BCUT2D eigenvalue weighted by Crippen LogP contribution is 2.32. The molecule has 1 atom stereocenters. The number of aromatic nitrogens is 1. The van der Waals surface area contributed by atoms with Crippen LogP contribution in [0.25, 0.3) is 9.88 Å². The minimum Gasteiger partial charge on any atom is -0.357 e. The molecule has 0 saturated heterocycles. The van der Waals surface area contributed by atoms with E-state index >= 15 is 0 Å². The lowest BCUT2D eigenvalue weighted by Crippen LogP contribution is -2.39. The molecule has 27 heavy (non-hydrogen) atoms. The molecule has 0 radical (unpaired) electrons. The Labute approximate surface area is 169 Å². The first kappa shape index (κ1) is 19.6. The first-order valence-corrected chi connectivity index (χ1v) is 10.1. The Balaban J connectivity index is 1.83. The number of thiophene rings is 1. The summed E-state index contributed by atoms with van der Waals surface area (Å²) in [5.41, 5.74) is 0.259. The maximum absolute atomic E-state index is 13.5. The summed E-state index contributed by atoms with van der Waals surface area (Å²) in [5.74, 6) is -3.29. The molecule has 5 nitrogen and oxygen atoms in total. The largest absolute Gasteiger partial charge is 0.357 e. The molecule has 0 fully saturated rings. The predicted molar refractivity (Wildman–Crippen MR) is 104 cm³/mol. The van der Waals surface area contributed by atoms with Crippen LogP contribution in [-0.2, 0) is 4.79 Å². The van der Waals surface area contributed by atoms with Gasteiger partial charge in [-0.25, -0.2) is 13.8 Å². The number of carbonyl (C=O) groups excluding carboxylic acids is 2. The molecule has 0 spiro atoms. The van der Waals surface area contributed by atoms with Gasteiger partial charge in [0, 0.05) is 22.3 Å². The molecule has 0 saturated carbocycles. The number of rotatable bonds is 5. The Morgan fingerprint density at radius 1 is 1.15 bits per heavy atom. The fourth-order valence-corrected chi connectivity index (χ4v) is 4.57. The van der Waals surface area contributed by atoms with Crippen molar-refractivity contribution in [3.8, 4) is 9.88 Å². The topological polar surface area (TPSA) is 71.1 Å². The molecule has 0 aliphatic rings. The summed E-state index contributed by atoms with van der Waals surface area (Å²) in [5, 5.41) is 9.06. The van der Waals surface area contributed by atoms with E-state index in [-0.39, 0.29) is 11.3 Å². The van der Waals surface area contributed by atoms with Gasteiger partial charge in [0.25, 0.3) is 5.91 Å². The number of thiazole rings is 1. The number of benzene rings is 1. The average molecular weight is 472 g/mol. The molecule has 0 aliphatic carbocycles. The zero-order valence-electron chi connectivity index (χ0n) is 13.8. The highest BCUT2D eigenvalue weighted by molar-refractivity contribution is 9.10. The van der Waals surface area contributed by atoms with Crippen LogP contribution in [0.5, 0.6) is 0 Å². The van der Waals surface area contributed by atoms with E-state index in [1.807, 2.05) is 11.4 Å². The van der Waals surface area contributed by atoms with E-state index in [4.69, 9.17) is 0 Å². The van der Waals surface area contributed by atoms with Gasteiger partial charge in [-0.05, 0) is 39.7 Å². The van der Waals surface area contributed by atoms with Gasteiger partial charge in [-0.15, -0.1) is 22.7 Å². The number of nitrogens with zero attached hydrogens (tertiary/aromatic N) is 1. The number of amides is 2. The molecule has 0 aliphatic heterocycles. The molecule has 2 amide bonds. The Bertz CT molecular complexity index is 1010. The molecule has 0 bridgehead atoms. The number of hydrogen-bond donors (Lipinski definition) is 2. The van der Waals surface area contributed by atoms with E-state index in [0.29, 0.717) is 5.01 Å². The van der Waals surface area contributed by atoms with E-state index in [2.05, 4.69) is 31.5 Å². The molecule has 10 heteroatoms. The quantitative estimate of drug-likeness (QED) is 0.587. The maximum Gasteiger partial charge on any atom is 0.271 e. The van der Waals surface area contributed by atoms with Crippen LogP contribution in [0, 0.1) is 11.6 Å². The molecule has 2 heterocycles. The molecule has 140 valence electrons. The van der Waals surface area contributed by atoms with Gasteiger partial charge >= 0.3 is 0 Å². The molecule has 1 unspecified atom stereocenters. The Morgan fingerprint density at radius 2 is 1.93 bits per heavy atom.